The van der Waals surface area contributed by atoms with Crippen LogP contribution in [0.5, 0.6) is 0 Å². The van der Waals surface area contributed by atoms with Gasteiger partial charge in [-0.2, -0.15) is 0 Å². The molecule has 3 aromatic carbocycles. The quantitative estimate of drug-likeness (QED) is 0.372. The Hall–Kier alpha value is -1.95. The van der Waals surface area contributed by atoms with E-state index in [4.69, 9.17) is 0 Å². The van der Waals surface area contributed by atoms with Crippen molar-refractivity contribution in [3.05, 3.63) is 89.5 Å². The van der Waals surface area contributed by atoms with E-state index in [-0.39, 0.29) is 6.61 Å². The predicted octanol–water partition coefficient (Wildman–Crippen LogP) is 6.47. The molecule has 0 fully saturated rings. The molecule has 3 aromatic rings. The van der Waals surface area contributed by atoms with Crippen LogP contribution in [-0.4, -0.2) is 17.9 Å². The van der Waals surface area contributed by atoms with Gasteiger partial charge in [-0.3, -0.25) is 0 Å². The Balaban J connectivity index is 2.24. The average Bonchev–Trinajstić information content (AvgIpc) is 2.80. The molecule has 172 valence electrons. The molecule has 0 saturated carbocycles. The van der Waals surface area contributed by atoms with Crippen LogP contribution in [0.4, 0.5) is 0 Å². The zero-order valence-corrected chi connectivity index (χ0v) is 21.7. The van der Waals surface area contributed by atoms with Gasteiger partial charge in [0.2, 0.25) is 0 Å². The van der Waals surface area contributed by atoms with Gasteiger partial charge in [0.25, 0.3) is 0 Å². The first kappa shape index (κ1) is 24.7. The van der Waals surface area contributed by atoms with E-state index in [0.717, 1.165) is 12.6 Å². The summed E-state index contributed by atoms with van der Waals surface area (Å²) in [6, 6.07) is 28.1. The van der Waals surface area contributed by atoms with Gasteiger partial charge >= 0.3 is 196 Å². The molecule has 0 saturated heterocycles. The van der Waals surface area contributed by atoms with Crippen molar-refractivity contribution in [2.75, 3.05) is 12.8 Å². The van der Waals surface area contributed by atoms with Crippen LogP contribution >= 0.6 is 7.26 Å². The van der Waals surface area contributed by atoms with Crippen LogP contribution in [0.2, 0.25) is 0 Å². The summed E-state index contributed by atoms with van der Waals surface area (Å²) in [5, 5.41) is 14.1. The zero-order chi connectivity index (χ0) is 23.3. The van der Waals surface area contributed by atoms with E-state index < -0.39 is 7.26 Å². The molecule has 0 bridgehead atoms. The molecule has 32 heavy (non-hydrogen) atoms. The molecule has 0 heterocycles. The number of aliphatic hydroxyl groups excluding tert-OH is 1. The summed E-state index contributed by atoms with van der Waals surface area (Å²) >= 11 is 0. The molecule has 0 atom stereocenters. The molecule has 0 aliphatic rings. The monoisotopic (exact) mass is 448 g/mol. The summed E-state index contributed by atoms with van der Waals surface area (Å²) in [6.07, 6.45) is 1.82. The Morgan fingerprint density at radius 2 is 0.812 bits per heavy atom. The molecule has 0 spiro atoms. The van der Waals surface area contributed by atoms with Crippen LogP contribution in [0.25, 0.3) is 0 Å². The fraction of sp³-hybridized carbons (Fsp3) is 0.400. The van der Waals surface area contributed by atoms with Gasteiger partial charge in [-0.05, 0) is 0 Å². The Kier molecular flexibility index (Phi) is 8.32. The summed E-state index contributed by atoms with van der Waals surface area (Å²) in [6.45, 7) is 13.7. The van der Waals surface area contributed by atoms with E-state index >= 15 is 0 Å². The third-order valence-corrected chi connectivity index (χ3v) is 12.0. The summed E-state index contributed by atoms with van der Waals surface area (Å²) in [4.78, 5) is 0. The third-order valence-electron chi connectivity index (χ3n) is 6.92. The molecule has 1 nitrogen and oxygen atoms in total. The third kappa shape index (κ3) is 5.16. The Morgan fingerprint density at radius 3 is 1.03 bits per heavy atom. The predicted molar refractivity (Wildman–Crippen MR) is 145 cm³/mol. The van der Waals surface area contributed by atoms with Gasteiger partial charge < -0.3 is 0 Å². The van der Waals surface area contributed by atoms with Gasteiger partial charge in [0.1, 0.15) is 0 Å². The number of aliphatic hydroxyl groups is 1. The van der Waals surface area contributed by atoms with Crippen molar-refractivity contribution < 1.29 is 5.11 Å². The summed E-state index contributed by atoms with van der Waals surface area (Å²) in [5.41, 5.74) is 4.14. The van der Waals surface area contributed by atoms with E-state index in [1.807, 2.05) is 0 Å². The number of hydrogen-bond donors (Lipinski definition) is 1. The van der Waals surface area contributed by atoms with Crippen LogP contribution in [0, 0.1) is 0 Å². The second-order valence-electron chi connectivity index (χ2n) is 10.1. The second-order valence-corrected chi connectivity index (χ2v) is 14.1. The molecule has 0 aliphatic carbocycles. The van der Waals surface area contributed by atoms with Gasteiger partial charge in [-0.1, -0.05) is 0 Å². The van der Waals surface area contributed by atoms with Crippen LogP contribution in [0.1, 0.15) is 82.4 Å². The first-order valence-corrected chi connectivity index (χ1v) is 14.4. The van der Waals surface area contributed by atoms with E-state index in [0.29, 0.717) is 17.8 Å². The minimum absolute atomic E-state index is 0.229. The maximum atomic E-state index is 9.84. The molecule has 0 aromatic heterocycles. The van der Waals surface area contributed by atoms with Gasteiger partial charge in [-0.25, -0.2) is 0 Å². The van der Waals surface area contributed by atoms with Crippen LogP contribution in [-0.2, 0) is 0 Å². The zero-order valence-electron chi connectivity index (χ0n) is 20.7. The molecule has 0 radical (unpaired) electrons. The van der Waals surface area contributed by atoms with Crippen molar-refractivity contribution in [1.29, 1.82) is 0 Å². The van der Waals surface area contributed by atoms with Gasteiger partial charge in [-0.15, -0.1) is 0 Å². The molecule has 1 N–H and O–H groups in total. The topological polar surface area (TPSA) is 20.2 Å². The first-order chi connectivity index (χ1) is 15.3. The molecule has 3 rings (SSSR count). The summed E-state index contributed by atoms with van der Waals surface area (Å²) < 4.78 is 0. The van der Waals surface area contributed by atoms with Crippen molar-refractivity contribution in [2.45, 2.75) is 65.7 Å². The number of rotatable bonds is 9. The molecule has 2 heteroatoms. The van der Waals surface area contributed by atoms with E-state index in [2.05, 4.69) is 114 Å². The van der Waals surface area contributed by atoms with Crippen molar-refractivity contribution >= 4 is 23.2 Å². The fourth-order valence-corrected chi connectivity index (χ4v) is 9.50. The van der Waals surface area contributed by atoms with Crippen LogP contribution < -0.4 is 15.9 Å². The van der Waals surface area contributed by atoms with Crippen molar-refractivity contribution in [1.82, 2.24) is 0 Å². The molecule has 0 unspecified atom stereocenters. The van der Waals surface area contributed by atoms with Crippen molar-refractivity contribution in [2.24, 2.45) is 0 Å². The van der Waals surface area contributed by atoms with E-state index in [9.17, 15) is 5.11 Å². The maximum absolute atomic E-state index is 9.84. The van der Waals surface area contributed by atoms with Crippen LogP contribution in [0.3, 0.4) is 0 Å². The SMILES string of the molecule is CC(C)c1ccc([PH](CCCO)(c2ccc(C(C)C)cc2)c2ccc(C(C)C)cc2)cc1. The molecule has 0 amide bonds. The number of benzene rings is 3. The van der Waals surface area contributed by atoms with Crippen molar-refractivity contribution in [3.8, 4) is 0 Å². The van der Waals surface area contributed by atoms with E-state index in [1.165, 1.54) is 32.6 Å². The Morgan fingerprint density at radius 1 is 0.531 bits per heavy atom. The Bertz CT molecular complexity index is 842. The van der Waals surface area contributed by atoms with Crippen molar-refractivity contribution in [3.63, 3.8) is 0 Å². The molecular formula is C30H41OP. The minimum atomic E-state index is -2.28. The number of hydrogen-bond acceptors (Lipinski definition) is 1. The first-order valence-electron chi connectivity index (χ1n) is 12.2. The normalized spacial score (nSPS) is 12.7. The van der Waals surface area contributed by atoms with Crippen LogP contribution in [0.15, 0.2) is 72.8 Å². The second kappa shape index (κ2) is 10.8. The van der Waals surface area contributed by atoms with Gasteiger partial charge in [0.05, 0.1) is 0 Å². The Labute approximate surface area is 196 Å². The summed E-state index contributed by atoms with van der Waals surface area (Å²) in [7, 11) is -2.28. The summed E-state index contributed by atoms with van der Waals surface area (Å²) in [5.74, 6) is 1.56. The molecular weight excluding hydrogens is 407 g/mol. The average molecular weight is 449 g/mol. The fourth-order valence-electron chi connectivity index (χ4n) is 4.73. The van der Waals surface area contributed by atoms with E-state index in [1.54, 1.807) is 0 Å². The van der Waals surface area contributed by atoms with Gasteiger partial charge in [0.15, 0.2) is 0 Å². The molecule has 0 aliphatic heterocycles. The van der Waals surface area contributed by atoms with Gasteiger partial charge in [0, 0.05) is 0 Å². The standard InChI is InChI=1S/C30H41OP/c1-22(2)25-8-14-28(15-9-25)32(21-7-20-31,29-16-10-26(11-17-29)23(3)4)30-18-12-27(13-19-30)24(5)6/h8-19,22-24,31-32H,7,20-21H2,1-6H3.